The molecule has 21 nitrogen and oxygen atoms in total. The van der Waals surface area contributed by atoms with Crippen LogP contribution in [-0.2, 0) is 35.2 Å². The average molecular weight is 1090 g/mol. The van der Waals surface area contributed by atoms with Crippen molar-refractivity contribution < 1.29 is 42.9 Å². The summed E-state index contributed by atoms with van der Waals surface area (Å²) in [5.74, 6) is -1.46. The number of thiazole rings is 1. The van der Waals surface area contributed by atoms with Crippen LogP contribution in [0.2, 0.25) is 0 Å². The van der Waals surface area contributed by atoms with Gasteiger partial charge in [-0.2, -0.15) is 5.10 Å². The second kappa shape index (κ2) is 25.1. The smallest absolute Gasteiger partial charge is 0.254 e. The molecule has 4 aromatic heterocycles. The Balaban J connectivity index is 0.626. The lowest BCUT2D eigenvalue weighted by atomic mass is 9.85. The zero-order valence-corrected chi connectivity index (χ0v) is 45.2. The zero-order valence-electron chi connectivity index (χ0n) is 44.4. The summed E-state index contributed by atoms with van der Waals surface area (Å²) in [4.78, 5) is 86.5. The van der Waals surface area contributed by atoms with Crippen LogP contribution in [0.3, 0.4) is 0 Å². The van der Waals surface area contributed by atoms with Gasteiger partial charge >= 0.3 is 0 Å². The minimum Gasteiger partial charge on any atom is -0.391 e. The van der Waals surface area contributed by atoms with Gasteiger partial charge in [0, 0.05) is 101 Å². The molecule has 6 heterocycles. The molecule has 6 aromatic rings. The second-order valence-corrected chi connectivity index (χ2v) is 21.9. The lowest BCUT2D eigenvalue weighted by molar-refractivity contribution is -0.144. The van der Waals surface area contributed by atoms with E-state index in [1.165, 1.54) is 11.0 Å². The van der Waals surface area contributed by atoms with Crippen LogP contribution in [0.4, 0.5) is 15.9 Å². The molecule has 1 saturated carbocycles. The van der Waals surface area contributed by atoms with Crippen molar-refractivity contribution in [1.82, 2.24) is 60.2 Å². The number of β-amino-alcohol motifs (C(OH)–C–C–N with tert-alkyl or cyclic N) is 1. The topological polar surface area (TPSA) is 254 Å². The number of rotatable bonds is 23. The van der Waals surface area contributed by atoms with E-state index < -0.39 is 41.2 Å². The number of H-pyrrole nitrogens is 1. The lowest BCUT2D eigenvalue weighted by Gasteiger charge is -2.35. The van der Waals surface area contributed by atoms with Crippen LogP contribution in [0.25, 0.3) is 27.3 Å². The van der Waals surface area contributed by atoms with Crippen molar-refractivity contribution in [2.24, 2.45) is 5.41 Å². The highest BCUT2D eigenvalue weighted by Crippen LogP contribution is 2.41. The summed E-state index contributed by atoms with van der Waals surface area (Å²) >= 11 is 1.56. The average Bonchev–Trinajstić information content (AvgIpc) is 3.83. The molecule has 2 aromatic carbocycles. The van der Waals surface area contributed by atoms with Crippen LogP contribution in [0.5, 0.6) is 0 Å². The van der Waals surface area contributed by atoms with E-state index in [0.717, 1.165) is 51.5 Å². The SMILES string of the molecule is Cc1ncsc1-c1ccc(CNC(=O)[C@@H]2C[C@@H](O)CN2C(=O)[C@@H](NC(=O)CCOCCOCCC(=O)NCCN2CCN(C(=O)c3ccc(Nc4nc(C5CC5)cn5c(-c6cn[nH]c6)cnc45)c(F)c3)CC2)C(C)(C)C)cc1. The quantitative estimate of drug-likeness (QED) is 0.0472. The minimum absolute atomic E-state index is 0.0194. The Morgan fingerprint density at radius 1 is 0.910 bits per heavy atom. The van der Waals surface area contributed by atoms with Crippen molar-refractivity contribution >= 4 is 58.0 Å². The van der Waals surface area contributed by atoms with Gasteiger partial charge in [0.1, 0.15) is 17.9 Å². The van der Waals surface area contributed by atoms with E-state index in [1.807, 2.05) is 62.6 Å². The maximum Gasteiger partial charge on any atom is 0.254 e. The number of ether oxygens (including phenoxy) is 2. The number of carbonyl (C=O) groups is 5. The number of nitrogens with zero attached hydrogens (tertiary/aromatic N) is 8. The third-order valence-corrected chi connectivity index (χ3v) is 15.2. The number of halogens is 1. The molecule has 3 atom stereocenters. The highest BCUT2D eigenvalue weighted by Gasteiger charge is 2.44. The van der Waals surface area contributed by atoms with Gasteiger partial charge < -0.3 is 45.6 Å². The van der Waals surface area contributed by atoms with Gasteiger partial charge in [-0.15, -0.1) is 11.3 Å². The Hall–Kier alpha value is -7.18. The van der Waals surface area contributed by atoms with E-state index in [1.54, 1.807) is 52.5 Å². The highest BCUT2D eigenvalue weighted by molar-refractivity contribution is 7.13. The number of aryl methyl sites for hydroxylation is 1. The molecule has 2 aliphatic heterocycles. The number of piperazine rings is 1. The Morgan fingerprint density at radius 3 is 2.32 bits per heavy atom. The van der Waals surface area contributed by atoms with Gasteiger partial charge in [0.2, 0.25) is 23.6 Å². The molecule has 0 spiro atoms. The molecule has 78 heavy (non-hydrogen) atoms. The van der Waals surface area contributed by atoms with Crippen LogP contribution in [0, 0.1) is 18.2 Å². The first-order chi connectivity index (χ1) is 37.6. The Kier molecular flexibility index (Phi) is 17.9. The summed E-state index contributed by atoms with van der Waals surface area (Å²) in [6, 6.07) is 10.4. The van der Waals surface area contributed by atoms with E-state index in [2.05, 4.69) is 46.3 Å². The molecule has 6 N–H and O–H groups in total. The number of amides is 5. The van der Waals surface area contributed by atoms with E-state index in [-0.39, 0.29) is 87.8 Å². The summed E-state index contributed by atoms with van der Waals surface area (Å²) in [7, 11) is 0. The van der Waals surface area contributed by atoms with Gasteiger partial charge in [-0.3, -0.25) is 38.4 Å². The molecule has 0 unspecified atom stereocenters. The first-order valence-corrected chi connectivity index (χ1v) is 27.4. The van der Waals surface area contributed by atoms with Gasteiger partial charge in [0.15, 0.2) is 11.5 Å². The van der Waals surface area contributed by atoms with Crippen molar-refractivity contribution in [2.45, 2.75) is 90.4 Å². The second-order valence-electron chi connectivity index (χ2n) is 21.1. The van der Waals surface area contributed by atoms with Crippen molar-refractivity contribution in [3.8, 4) is 21.7 Å². The molecule has 3 aliphatic rings. The fraction of sp³-hybridized carbons (Fsp3) is 0.473. The molecule has 23 heteroatoms. The van der Waals surface area contributed by atoms with Gasteiger partial charge in [-0.25, -0.2) is 19.3 Å². The summed E-state index contributed by atoms with van der Waals surface area (Å²) in [6.07, 6.45) is 8.63. The van der Waals surface area contributed by atoms with E-state index in [9.17, 15) is 29.1 Å². The fourth-order valence-electron chi connectivity index (χ4n) is 9.61. The number of aliphatic hydroxyl groups excluding tert-OH is 1. The molecule has 0 radical (unpaired) electrons. The fourth-order valence-corrected chi connectivity index (χ4v) is 10.4. The number of aromatic nitrogens is 6. The van der Waals surface area contributed by atoms with Gasteiger partial charge in [-0.05, 0) is 54.5 Å². The molecule has 0 bridgehead atoms. The third kappa shape index (κ3) is 13.9. The van der Waals surface area contributed by atoms with Gasteiger partial charge in [0.05, 0.1) is 78.1 Å². The maximum absolute atomic E-state index is 15.6. The maximum atomic E-state index is 15.6. The number of imidazole rings is 1. The Labute approximate surface area is 455 Å². The van der Waals surface area contributed by atoms with Gasteiger partial charge in [-0.1, -0.05) is 45.0 Å². The number of fused-ring (bicyclic) bond motifs is 1. The normalized spacial score (nSPS) is 17.3. The molecule has 9 rings (SSSR count). The number of benzene rings is 2. The predicted molar refractivity (Wildman–Crippen MR) is 290 cm³/mol. The van der Waals surface area contributed by atoms with Gasteiger partial charge in [0.25, 0.3) is 5.91 Å². The van der Waals surface area contributed by atoms with Crippen molar-refractivity contribution in [3.05, 3.63) is 101 Å². The number of hydrogen-bond donors (Lipinski definition) is 6. The number of hydrogen-bond acceptors (Lipinski definition) is 15. The van der Waals surface area contributed by atoms with Crippen LogP contribution < -0.4 is 21.3 Å². The third-order valence-electron chi connectivity index (χ3n) is 14.2. The number of anilines is 2. The number of aromatic amines is 1. The molecular weight excluding hydrogens is 1020 g/mol. The highest BCUT2D eigenvalue weighted by atomic mass is 32.1. The number of aliphatic hydroxyl groups is 1. The number of nitrogens with one attached hydrogen (secondary N) is 5. The standard InChI is InChI=1S/C55H68FN13O8S/c1-34-48(78-33-60-34)37-7-5-35(6-8-37)27-59-52(73)44-26-40(70)31-69(44)54(75)49(55(2,3)4)65-47(72)14-22-77-24-23-76-21-13-46(71)57-15-16-66-17-19-67(20-18-66)53(74)38-11-12-42(41(56)25-38)63-50-51-58-30-45(39-28-61-62-29-39)68(51)32-43(64-50)36-9-10-36/h5-8,11-12,25,28-30,32-33,36,40,44,49,70H,9-10,13-24,26-27,31H2,1-4H3,(H,57,71)(H,59,73)(H,61,62)(H,63,64)(H,65,72)/t40-,44+,49-/m1/s1. The minimum atomic E-state index is -0.962. The summed E-state index contributed by atoms with van der Waals surface area (Å²) in [5, 5.41) is 29.3. The molecule has 2 saturated heterocycles. The first kappa shape index (κ1) is 55.6. The molecular formula is C55H68FN13O8S. The number of carbonyl (C=O) groups excluding carboxylic acids is 5. The Morgan fingerprint density at radius 2 is 1.65 bits per heavy atom. The van der Waals surface area contributed by atoms with Crippen LogP contribution in [-0.4, -0.2) is 169 Å². The zero-order chi connectivity index (χ0) is 54.9. The van der Waals surface area contributed by atoms with Crippen LogP contribution in [0.15, 0.2) is 72.8 Å². The summed E-state index contributed by atoms with van der Waals surface area (Å²) < 4.78 is 28.8. The van der Waals surface area contributed by atoms with Crippen molar-refractivity contribution in [2.75, 3.05) is 77.6 Å². The first-order valence-electron chi connectivity index (χ1n) is 26.5. The lowest BCUT2D eigenvalue weighted by Crippen LogP contribution is -2.57. The monoisotopic (exact) mass is 1090 g/mol. The molecule has 414 valence electrons. The van der Waals surface area contributed by atoms with E-state index in [0.29, 0.717) is 56.7 Å². The van der Waals surface area contributed by atoms with Crippen molar-refractivity contribution in [1.29, 1.82) is 0 Å². The molecule has 5 amide bonds. The van der Waals surface area contributed by atoms with Crippen LogP contribution >= 0.6 is 11.3 Å². The van der Waals surface area contributed by atoms with E-state index >= 15 is 4.39 Å². The number of likely N-dealkylation sites (tertiary alicyclic amines) is 1. The summed E-state index contributed by atoms with van der Waals surface area (Å²) in [6.45, 7) is 11.5. The van der Waals surface area contributed by atoms with E-state index in [4.69, 9.17) is 14.5 Å². The van der Waals surface area contributed by atoms with Crippen molar-refractivity contribution in [3.63, 3.8) is 0 Å². The summed E-state index contributed by atoms with van der Waals surface area (Å²) in [5.41, 5.74) is 7.55. The molecule has 1 aliphatic carbocycles. The molecule has 3 fully saturated rings. The predicted octanol–water partition coefficient (Wildman–Crippen LogP) is 4.81. The largest absolute Gasteiger partial charge is 0.391 e. The Bertz CT molecular complexity index is 3060. The van der Waals surface area contributed by atoms with Crippen LogP contribution in [0.1, 0.15) is 86.1 Å².